The summed E-state index contributed by atoms with van der Waals surface area (Å²) in [5.41, 5.74) is -1.33. The van der Waals surface area contributed by atoms with Crippen LogP contribution in [0.2, 0.25) is 0 Å². The standard InChI is InChI=1S/C20H21F3N2O3S/c1-14-10-12-25(13-11-14)29(27,28)16-8-6-15(7-9-16)24-19(26)17-4-2-3-5-18(17)20(21,22)23/h2-9,14H,10-13H2,1H3,(H,24,26). The topological polar surface area (TPSA) is 66.5 Å². The molecule has 1 amide bonds. The van der Waals surface area contributed by atoms with Gasteiger partial charge in [0.1, 0.15) is 0 Å². The van der Waals surface area contributed by atoms with Crippen molar-refractivity contribution in [1.82, 2.24) is 4.31 Å². The van der Waals surface area contributed by atoms with Crippen LogP contribution in [0, 0.1) is 5.92 Å². The molecule has 0 saturated carbocycles. The van der Waals surface area contributed by atoms with Gasteiger partial charge in [-0.05, 0) is 55.2 Å². The van der Waals surface area contributed by atoms with Gasteiger partial charge in [-0.25, -0.2) is 8.42 Å². The lowest BCUT2D eigenvalue weighted by molar-refractivity contribution is -0.137. The molecule has 1 aliphatic rings. The number of hydrogen-bond donors (Lipinski definition) is 1. The lowest BCUT2D eigenvalue weighted by Crippen LogP contribution is -2.37. The zero-order valence-electron chi connectivity index (χ0n) is 15.7. The predicted molar refractivity (Wildman–Crippen MR) is 103 cm³/mol. The number of rotatable bonds is 4. The van der Waals surface area contributed by atoms with E-state index in [1.54, 1.807) is 0 Å². The fourth-order valence-electron chi connectivity index (χ4n) is 3.21. The first kappa shape index (κ1) is 21.3. The number of nitrogens with zero attached hydrogens (tertiary/aromatic N) is 1. The number of carbonyl (C=O) groups excluding carboxylic acids is 1. The van der Waals surface area contributed by atoms with E-state index in [1.165, 1.54) is 40.7 Å². The number of sulfonamides is 1. The molecule has 1 saturated heterocycles. The molecule has 5 nitrogen and oxygen atoms in total. The van der Waals surface area contributed by atoms with E-state index in [9.17, 15) is 26.4 Å². The molecule has 0 atom stereocenters. The zero-order chi connectivity index (χ0) is 21.2. The molecule has 1 heterocycles. The quantitative estimate of drug-likeness (QED) is 0.789. The molecule has 1 fully saturated rings. The van der Waals surface area contributed by atoms with Gasteiger partial charge in [0.05, 0.1) is 16.0 Å². The van der Waals surface area contributed by atoms with Crippen molar-refractivity contribution in [1.29, 1.82) is 0 Å². The van der Waals surface area contributed by atoms with Crippen molar-refractivity contribution in [2.24, 2.45) is 5.92 Å². The summed E-state index contributed by atoms with van der Waals surface area (Å²) in [6, 6.07) is 9.91. The van der Waals surface area contributed by atoms with Gasteiger partial charge in [-0.2, -0.15) is 17.5 Å². The van der Waals surface area contributed by atoms with Crippen LogP contribution in [0.15, 0.2) is 53.4 Å². The molecule has 0 radical (unpaired) electrons. The maximum atomic E-state index is 13.1. The summed E-state index contributed by atoms with van der Waals surface area (Å²) < 4.78 is 66.1. The molecule has 0 unspecified atom stereocenters. The second kappa shape index (κ2) is 8.16. The van der Waals surface area contributed by atoms with E-state index < -0.39 is 33.2 Å². The molecule has 0 bridgehead atoms. The van der Waals surface area contributed by atoms with Gasteiger partial charge in [0.15, 0.2) is 0 Å². The van der Waals surface area contributed by atoms with E-state index in [0.717, 1.165) is 25.0 Å². The van der Waals surface area contributed by atoms with Crippen molar-refractivity contribution in [2.45, 2.75) is 30.8 Å². The number of anilines is 1. The molecule has 0 aliphatic carbocycles. The van der Waals surface area contributed by atoms with Crippen LogP contribution < -0.4 is 5.32 Å². The Kier molecular flexibility index (Phi) is 6.00. The average molecular weight is 426 g/mol. The van der Waals surface area contributed by atoms with Crippen molar-refractivity contribution in [3.8, 4) is 0 Å². The molecular weight excluding hydrogens is 405 g/mol. The molecule has 1 N–H and O–H groups in total. The highest BCUT2D eigenvalue weighted by molar-refractivity contribution is 7.89. The Balaban J connectivity index is 1.76. The number of amides is 1. The van der Waals surface area contributed by atoms with Gasteiger partial charge in [0.25, 0.3) is 5.91 Å². The van der Waals surface area contributed by atoms with Crippen molar-refractivity contribution in [3.63, 3.8) is 0 Å². The maximum Gasteiger partial charge on any atom is 0.417 e. The summed E-state index contributed by atoms with van der Waals surface area (Å²) in [4.78, 5) is 12.4. The van der Waals surface area contributed by atoms with Crippen LogP contribution in [-0.2, 0) is 16.2 Å². The first-order valence-corrected chi connectivity index (χ1v) is 10.6. The minimum Gasteiger partial charge on any atom is -0.322 e. The van der Waals surface area contributed by atoms with E-state index in [1.807, 2.05) is 0 Å². The molecule has 3 rings (SSSR count). The van der Waals surface area contributed by atoms with E-state index in [-0.39, 0.29) is 10.6 Å². The molecule has 0 aromatic heterocycles. The fourth-order valence-corrected chi connectivity index (χ4v) is 4.68. The second-order valence-electron chi connectivity index (χ2n) is 7.11. The summed E-state index contributed by atoms with van der Waals surface area (Å²) in [5.74, 6) is -0.433. The molecular formula is C20H21F3N2O3S. The number of carbonyl (C=O) groups is 1. The molecule has 1 aliphatic heterocycles. The molecule has 156 valence electrons. The van der Waals surface area contributed by atoms with Gasteiger partial charge in [-0.3, -0.25) is 4.79 Å². The Morgan fingerprint density at radius 2 is 1.62 bits per heavy atom. The second-order valence-corrected chi connectivity index (χ2v) is 9.05. The third-order valence-corrected chi connectivity index (χ3v) is 6.88. The van der Waals surface area contributed by atoms with Crippen LogP contribution in [0.25, 0.3) is 0 Å². The first-order valence-electron chi connectivity index (χ1n) is 9.17. The third-order valence-electron chi connectivity index (χ3n) is 4.97. The SMILES string of the molecule is CC1CCN(S(=O)(=O)c2ccc(NC(=O)c3ccccc3C(F)(F)F)cc2)CC1. The predicted octanol–water partition coefficient (Wildman–Crippen LogP) is 4.38. The number of benzene rings is 2. The summed E-state index contributed by atoms with van der Waals surface area (Å²) in [6.07, 6.45) is -3.06. The summed E-state index contributed by atoms with van der Waals surface area (Å²) >= 11 is 0. The minimum absolute atomic E-state index is 0.0840. The summed E-state index contributed by atoms with van der Waals surface area (Å²) in [7, 11) is -3.64. The van der Waals surface area contributed by atoms with Crippen molar-refractivity contribution < 1.29 is 26.4 Å². The number of hydrogen-bond acceptors (Lipinski definition) is 3. The van der Waals surface area contributed by atoms with E-state index in [2.05, 4.69) is 12.2 Å². The fraction of sp³-hybridized carbons (Fsp3) is 0.350. The van der Waals surface area contributed by atoms with Crippen LogP contribution in [0.5, 0.6) is 0 Å². The maximum absolute atomic E-state index is 13.1. The average Bonchev–Trinajstić information content (AvgIpc) is 2.68. The Morgan fingerprint density at radius 1 is 1.03 bits per heavy atom. The highest BCUT2D eigenvalue weighted by Crippen LogP contribution is 2.32. The highest BCUT2D eigenvalue weighted by atomic mass is 32.2. The van der Waals surface area contributed by atoms with Crippen molar-refractivity contribution >= 4 is 21.6 Å². The highest BCUT2D eigenvalue weighted by Gasteiger charge is 2.35. The van der Waals surface area contributed by atoms with E-state index >= 15 is 0 Å². The monoisotopic (exact) mass is 426 g/mol. The van der Waals surface area contributed by atoms with Crippen molar-refractivity contribution in [2.75, 3.05) is 18.4 Å². The van der Waals surface area contributed by atoms with Gasteiger partial charge in [-0.15, -0.1) is 0 Å². The van der Waals surface area contributed by atoms with Crippen LogP contribution in [0.1, 0.15) is 35.7 Å². The van der Waals surface area contributed by atoms with Crippen LogP contribution >= 0.6 is 0 Å². The zero-order valence-corrected chi connectivity index (χ0v) is 16.6. The Morgan fingerprint density at radius 3 is 2.21 bits per heavy atom. The number of piperidine rings is 1. The molecule has 2 aromatic carbocycles. The molecule has 29 heavy (non-hydrogen) atoms. The number of alkyl halides is 3. The summed E-state index contributed by atoms with van der Waals surface area (Å²) in [5, 5.41) is 2.39. The first-order chi connectivity index (χ1) is 13.6. The van der Waals surface area contributed by atoms with Gasteiger partial charge in [0, 0.05) is 18.8 Å². The summed E-state index contributed by atoms with van der Waals surface area (Å²) in [6.45, 7) is 2.99. The van der Waals surface area contributed by atoms with Gasteiger partial charge >= 0.3 is 6.18 Å². The van der Waals surface area contributed by atoms with Crippen LogP contribution in [0.3, 0.4) is 0 Å². The molecule has 9 heteroatoms. The lowest BCUT2D eigenvalue weighted by atomic mass is 10.0. The van der Waals surface area contributed by atoms with Crippen molar-refractivity contribution in [3.05, 3.63) is 59.7 Å². The largest absolute Gasteiger partial charge is 0.417 e. The van der Waals surface area contributed by atoms with Crippen LogP contribution in [0.4, 0.5) is 18.9 Å². The lowest BCUT2D eigenvalue weighted by Gasteiger charge is -2.29. The third kappa shape index (κ3) is 4.79. The Labute approximate surface area is 167 Å². The van der Waals surface area contributed by atoms with E-state index in [0.29, 0.717) is 19.0 Å². The van der Waals surface area contributed by atoms with Gasteiger partial charge < -0.3 is 5.32 Å². The number of nitrogens with one attached hydrogen (secondary N) is 1. The van der Waals surface area contributed by atoms with Gasteiger partial charge in [0.2, 0.25) is 10.0 Å². The molecule has 0 spiro atoms. The van der Waals surface area contributed by atoms with E-state index in [4.69, 9.17) is 0 Å². The normalized spacial score (nSPS) is 16.6. The minimum atomic E-state index is -4.65. The Bertz CT molecular complexity index is 981. The smallest absolute Gasteiger partial charge is 0.322 e. The number of halogens is 3. The van der Waals surface area contributed by atoms with Gasteiger partial charge in [-0.1, -0.05) is 19.1 Å². The van der Waals surface area contributed by atoms with Crippen LogP contribution in [-0.4, -0.2) is 31.7 Å². The Hall–Kier alpha value is -2.39. The molecule has 2 aromatic rings.